The maximum atomic E-state index is 12.2. The highest BCUT2D eigenvalue weighted by atomic mass is 32.2. The molecule has 2 rings (SSSR count). The second-order valence-electron chi connectivity index (χ2n) is 5.01. The van der Waals surface area contributed by atoms with Crippen molar-refractivity contribution >= 4 is 15.7 Å². The Morgan fingerprint density at radius 2 is 1.81 bits per heavy atom. The van der Waals surface area contributed by atoms with E-state index in [0.29, 0.717) is 11.4 Å². The number of hydrogen-bond acceptors (Lipinski definition) is 4. The van der Waals surface area contributed by atoms with E-state index in [0.717, 1.165) is 17.7 Å². The average Bonchev–Trinajstić information content (AvgIpc) is 2.69. The summed E-state index contributed by atoms with van der Waals surface area (Å²) in [6.07, 6.45) is 1.66. The Labute approximate surface area is 125 Å². The summed E-state index contributed by atoms with van der Waals surface area (Å²) in [5, 5.41) is 7.17. The van der Waals surface area contributed by atoms with Crippen LogP contribution in [-0.2, 0) is 29.4 Å². The first-order valence-corrected chi connectivity index (χ1v) is 8.28. The van der Waals surface area contributed by atoms with Crippen LogP contribution in [0.1, 0.15) is 16.8 Å². The molecule has 0 radical (unpaired) electrons. The van der Waals surface area contributed by atoms with Crippen molar-refractivity contribution in [3.63, 3.8) is 0 Å². The number of aromatic nitrogens is 2. The van der Waals surface area contributed by atoms with Gasteiger partial charge in [0.05, 0.1) is 17.1 Å². The van der Waals surface area contributed by atoms with Crippen LogP contribution in [0.5, 0.6) is 0 Å². The molecular weight excluding hydrogens is 288 g/mol. The first-order valence-electron chi connectivity index (χ1n) is 6.63. The molecule has 0 bridgehead atoms. The SMILES string of the molecule is CNCc1ccc(CS(=O)(=O)Nc2cn(C)nc2C)cc1. The summed E-state index contributed by atoms with van der Waals surface area (Å²) in [7, 11) is 0.188. The molecule has 1 aromatic heterocycles. The van der Waals surface area contributed by atoms with Crippen molar-refractivity contribution in [2.45, 2.75) is 19.2 Å². The topological polar surface area (TPSA) is 76.0 Å². The zero-order valence-corrected chi connectivity index (χ0v) is 13.2. The highest BCUT2D eigenvalue weighted by Crippen LogP contribution is 2.16. The summed E-state index contributed by atoms with van der Waals surface area (Å²) in [5.74, 6) is -0.0544. The molecular formula is C14H20N4O2S. The number of nitrogens with one attached hydrogen (secondary N) is 2. The Balaban J connectivity index is 2.08. The van der Waals surface area contributed by atoms with Crippen LogP contribution in [-0.4, -0.2) is 25.2 Å². The van der Waals surface area contributed by atoms with Crippen LogP contribution in [0.3, 0.4) is 0 Å². The second-order valence-corrected chi connectivity index (χ2v) is 6.73. The van der Waals surface area contributed by atoms with Gasteiger partial charge in [0.15, 0.2) is 0 Å². The standard InChI is InChI=1S/C14H20N4O2S/c1-11-14(9-18(3)16-11)17-21(19,20)10-13-6-4-12(5-7-13)8-15-2/h4-7,9,15,17H,8,10H2,1-3H3. The molecule has 0 unspecified atom stereocenters. The lowest BCUT2D eigenvalue weighted by atomic mass is 10.1. The zero-order valence-electron chi connectivity index (χ0n) is 12.4. The van der Waals surface area contributed by atoms with Crippen molar-refractivity contribution in [3.8, 4) is 0 Å². The maximum Gasteiger partial charge on any atom is 0.237 e. The summed E-state index contributed by atoms with van der Waals surface area (Å²) < 4.78 is 28.5. The summed E-state index contributed by atoms with van der Waals surface area (Å²) in [6, 6.07) is 7.53. The fourth-order valence-electron chi connectivity index (χ4n) is 2.08. The third-order valence-electron chi connectivity index (χ3n) is 3.04. The number of anilines is 1. The molecule has 0 saturated heterocycles. The largest absolute Gasteiger partial charge is 0.316 e. The van der Waals surface area contributed by atoms with Gasteiger partial charge >= 0.3 is 0 Å². The van der Waals surface area contributed by atoms with Crippen molar-refractivity contribution in [3.05, 3.63) is 47.3 Å². The van der Waals surface area contributed by atoms with Crippen LogP contribution in [0, 0.1) is 6.92 Å². The Bertz CT molecular complexity index is 705. The molecule has 114 valence electrons. The Morgan fingerprint density at radius 3 is 2.33 bits per heavy atom. The van der Waals surface area contributed by atoms with Gasteiger partial charge in [0.2, 0.25) is 10.0 Å². The molecule has 0 aliphatic carbocycles. The number of aryl methyl sites for hydroxylation is 2. The van der Waals surface area contributed by atoms with Gasteiger partial charge in [-0.1, -0.05) is 24.3 Å². The predicted octanol–water partition coefficient (Wildman–Crippen LogP) is 1.39. The molecule has 0 aliphatic rings. The third-order valence-corrected chi connectivity index (χ3v) is 4.28. The van der Waals surface area contributed by atoms with Crippen LogP contribution in [0.4, 0.5) is 5.69 Å². The number of sulfonamides is 1. The van der Waals surface area contributed by atoms with Crippen LogP contribution in [0.15, 0.2) is 30.5 Å². The summed E-state index contributed by atoms with van der Waals surface area (Å²) in [4.78, 5) is 0. The smallest absolute Gasteiger partial charge is 0.237 e. The highest BCUT2D eigenvalue weighted by molar-refractivity contribution is 7.91. The fraction of sp³-hybridized carbons (Fsp3) is 0.357. The van der Waals surface area contributed by atoms with Crippen molar-refractivity contribution in [1.29, 1.82) is 0 Å². The number of nitrogens with zero attached hydrogens (tertiary/aromatic N) is 2. The zero-order chi connectivity index (χ0) is 15.5. The predicted molar refractivity (Wildman–Crippen MR) is 83.4 cm³/mol. The quantitative estimate of drug-likeness (QED) is 0.845. The van der Waals surface area contributed by atoms with E-state index in [-0.39, 0.29) is 5.75 Å². The lowest BCUT2D eigenvalue weighted by molar-refractivity contribution is 0.600. The number of benzene rings is 1. The minimum Gasteiger partial charge on any atom is -0.316 e. The van der Waals surface area contributed by atoms with Gasteiger partial charge in [-0.3, -0.25) is 9.40 Å². The highest BCUT2D eigenvalue weighted by Gasteiger charge is 2.14. The Morgan fingerprint density at radius 1 is 1.19 bits per heavy atom. The molecule has 2 N–H and O–H groups in total. The van der Waals surface area contributed by atoms with Gasteiger partial charge in [0.25, 0.3) is 0 Å². The maximum absolute atomic E-state index is 12.2. The molecule has 0 aliphatic heterocycles. The van der Waals surface area contributed by atoms with Crippen LogP contribution >= 0.6 is 0 Å². The molecule has 0 spiro atoms. The minimum absolute atomic E-state index is 0.0544. The van der Waals surface area contributed by atoms with Gasteiger partial charge in [0.1, 0.15) is 0 Å². The Kier molecular flexibility index (Phi) is 4.64. The fourth-order valence-corrected chi connectivity index (χ4v) is 3.32. The first-order chi connectivity index (χ1) is 9.89. The first kappa shape index (κ1) is 15.5. The van der Waals surface area contributed by atoms with E-state index in [2.05, 4.69) is 15.1 Å². The van der Waals surface area contributed by atoms with Gasteiger partial charge in [-0.05, 0) is 25.1 Å². The molecule has 2 aromatic rings. The van der Waals surface area contributed by atoms with Gasteiger partial charge in [-0.2, -0.15) is 5.10 Å². The second kappa shape index (κ2) is 6.28. The van der Waals surface area contributed by atoms with Crippen molar-refractivity contribution in [2.75, 3.05) is 11.8 Å². The van der Waals surface area contributed by atoms with E-state index in [9.17, 15) is 8.42 Å². The normalized spacial score (nSPS) is 11.6. The van der Waals surface area contributed by atoms with Gasteiger partial charge in [-0.25, -0.2) is 8.42 Å². The van der Waals surface area contributed by atoms with Crippen LogP contribution < -0.4 is 10.0 Å². The number of hydrogen-bond donors (Lipinski definition) is 2. The van der Waals surface area contributed by atoms with E-state index in [1.807, 2.05) is 31.3 Å². The summed E-state index contributed by atoms with van der Waals surface area (Å²) >= 11 is 0. The molecule has 1 aromatic carbocycles. The molecule has 1 heterocycles. The average molecular weight is 308 g/mol. The van der Waals surface area contributed by atoms with Crippen LogP contribution in [0.2, 0.25) is 0 Å². The van der Waals surface area contributed by atoms with E-state index < -0.39 is 10.0 Å². The molecule has 0 atom stereocenters. The summed E-state index contributed by atoms with van der Waals surface area (Å²) in [5.41, 5.74) is 3.05. The van der Waals surface area contributed by atoms with E-state index in [1.165, 1.54) is 0 Å². The molecule has 0 amide bonds. The van der Waals surface area contributed by atoms with Crippen LogP contribution in [0.25, 0.3) is 0 Å². The molecule has 21 heavy (non-hydrogen) atoms. The van der Waals surface area contributed by atoms with E-state index in [1.54, 1.807) is 24.9 Å². The van der Waals surface area contributed by atoms with Crippen molar-refractivity contribution in [1.82, 2.24) is 15.1 Å². The van der Waals surface area contributed by atoms with Gasteiger partial charge in [-0.15, -0.1) is 0 Å². The molecule has 0 saturated carbocycles. The van der Waals surface area contributed by atoms with Crippen molar-refractivity contribution < 1.29 is 8.42 Å². The number of rotatable bonds is 6. The third kappa shape index (κ3) is 4.30. The lowest BCUT2D eigenvalue weighted by Crippen LogP contribution is -2.15. The van der Waals surface area contributed by atoms with Gasteiger partial charge < -0.3 is 5.32 Å². The lowest BCUT2D eigenvalue weighted by Gasteiger charge is -2.08. The van der Waals surface area contributed by atoms with Gasteiger partial charge in [0, 0.05) is 19.8 Å². The van der Waals surface area contributed by atoms with E-state index >= 15 is 0 Å². The molecule has 6 nitrogen and oxygen atoms in total. The van der Waals surface area contributed by atoms with E-state index in [4.69, 9.17) is 0 Å². The minimum atomic E-state index is -3.44. The van der Waals surface area contributed by atoms with Crippen molar-refractivity contribution in [2.24, 2.45) is 7.05 Å². The summed E-state index contributed by atoms with van der Waals surface area (Å²) in [6.45, 7) is 2.53. The monoisotopic (exact) mass is 308 g/mol. The Hall–Kier alpha value is -1.86. The molecule has 7 heteroatoms. The molecule has 0 fully saturated rings.